The number of aliphatic hydroxyl groups excluding tert-OH is 1. The highest BCUT2D eigenvalue weighted by atomic mass is 16.3. The second-order valence-electron chi connectivity index (χ2n) is 4.99. The van der Waals surface area contributed by atoms with E-state index in [1.54, 1.807) is 4.68 Å². The maximum atomic E-state index is 9.89. The first kappa shape index (κ1) is 11.2. The summed E-state index contributed by atoms with van der Waals surface area (Å²) in [6, 6.07) is 0.366. The summed E-state index contributed by atoms with van der Waals surface area (Å²) < 4.78 is 1.73. The molecule has 1 aromatic heterocycles. The van der Waals surface area contributed by atoms with Crippen LogP contribution in [0.1, 0.15) is 56.5 Å². The van der Waals surface area contributed by atoms with Gasteiger partial charge >= 0.3 is 0 Å². The monoisotopic (exact) mass is 236 g/mol. The minimum Gasteiger partial charge on any atom is -0.372 e. The smallest absolute Gasteiger partial charge is 0.168 e. The first-order valence-corrected chi connectivity index (χ1v) is 6.67. The Morgan fingerprint density at radius 3 is 3.00 bits per heavy atom. The molecule has 5 nitrogen and oxygen atoms in total. The SMILES string of the molecule is CCN1CCCC1c1nc2n(n1)C(O)CCC2. The minimum atomic E-state index is -0.462. The van der Waals surface area contributed by atoms with Gasteiger partial charge in [0.25, 0.3) is 0 Å². The second kappa shape index (κ2) is 4.38. The highest BCUT2D eigenvalue weighted by molar-refractivity contribution is 5.03. The molecule has 0 amide bonds. The zero-order chi connectivity index (χ0) is 11.8. The lowest BCUT2D eigenvalue weighted by atomic mass is 10.1. The van der Waals surface area contributed by atoms with Crippen LogP contribution in [0.15, 0.2) is 0 Å². The molecule has 0 bridgehead atoms. The molecule has 2 aliphatic rings. The Bertz CT molecular complexity index is 403. The molecule has 1 fully saturated rings. The van der Waals surface area contributed by atoms with Crippen LogP contribution in [-0.4, -0.2) is 37.9 Å². The number of nitrogens with zero attached hydrogens (tertiary/aromatic N) is 4. The zero-order valence-electron chi connectivity index (χ0n) is 10.3. The van der Waals surface area contributed by atoms with E-state index < -0.39 is 6.23 Å². The van der Waals surface area contributed by atoms with Crippen molar-refractivity contribution in [2.24, 2.45) is 0 Å². The van der Waals surface area contributed by atoms with E-state index in [4.69, 9.17) is 0 Å². The molecule has 1 N–H and O–H groups in total. The van der Waals surface area contributed by atoms with Gasteiger partial charge in [-0.1, -0.05) is 6.92 Å². The summed E-state index contributed by atoms with van der Waals surface area (Å²) in [5.74, 6) is 1.88. The molecule has 3 rings (SSSR count). The summed E-state index contributed by atoms with van der Waals surface area (Å²) in [5.41, 5.74) is 0. The van der Waals surface area contributed by atoms with Crippen molar-refractivity contribution in [2.45, 2.75) is 51.3 Å². The van der Waals surface area contributed by atoms with Gasteiger partial charge in [-0.15, -0.1) is 0 Å². The molecule has 2 atom stereocenters. The van der Waals surface area contributed by atoms with Gasteiger partial charge in [0, 0.05) is 6.42 Å². The Morgan fingerprint density at radius 2 is 2.24 bits per heavy atom. The molecule has 94 valence electrons. The van der Waals surface area contributed by atoms with Crippen molar-refractivity contribution in [1.29, 1.82) is 0 Å². The molecule has 0 spiro atoms. The lowest BCUT2D eigenvalue weighted by Crippen LogP contribution is -2.23. The number of aliphatic hydroxyl groups is 1. The van der Waals surface area contributed by atoms with E-state index in [9.17, 15) is 5.11 Å². The van der Waals surface area contributed by atoms with Crippen LogP contribution in [0.5, 0.6) is 0 Å². The Balaban J connectivity index is 1.89. The molecule has 0 saturated carbocycles. The summed E-state index contributed by atoms with van der Waals surface area (Å²) in [4.78, 5) is 7.06. The number of likely N-dealkylation sites (tertiary alicyclic amines) is 1. The van der Waals surface area contributed by atoms with E-state index in [1.165, 1.54) is 6.42 Å². The van der Waals surface area contributed by atoms with Gasteiger partial charge in [-0.3, -0.25) is 4.90 Å². The van der Waals surface area contributed by atoms with Gasteiger partial charge in [0.2, 0.25) is 0 Å². The van der Waals surface area contributed by atoms with Crippen LogP contribution >= 0.6 is 0 Å². The lowest BCUT2D eigenvalue weighted by Gasteiger charge is -2.19. The van der Waals surface area contributed by atoms with Crippen LogP contribution < -0.4 is 0 Å². The number of fused-ring (bicyclic) bond motifs is 1. The highest BCUT2D eigenvalue weighted by Gasteiger charge is 2.30. The van der Waals surface area contributed by atoms with Crippen molar-refractivity contribution >= 4 is 0 Å². The van der Waals surface area contributed by atoms with Crippen LogP contribution in [0.25, 0.3) is 0 Å². The molecule has 1 saturated heterocycles. The predicted octanol–water partition coefficient (Wildman–Crippen LogP) is 1.26. The summed E-state index contributed by atoms with van der Waals surface area (Å²) in [6.45, 7) is 4.38. The van der Waals surface area contributed by atoms with Crippen molar-refractivity contribution in [1.82, 2.24) is 19.7 Å². The Hall–Kier alpha value is -0.940. The molecular weight excluding hydrogens is 216 g/mol. The van der Waals surface area contributed by atoms with Crippen molar-refractivity contribution < 1.29 is 5.11 Å². The lowest BCUT2D eigenvalue weighted by molar-refractivity contribution is 0.0639. The van der Waals surface area contributed by atoms with Crippen molar-refractivity contribution in [2.75, 3.05) is 13.1 Å². The van der Waals surface area contributed by atoms with E-state index in [0.717, 1.165) is 50.4 Å². The average molecular weight is 236 g/mol. The van der Waals surface area contributed by atoms with E-state index in [2.05, 4.69) is 21.9 Å². The molecule has 3 heterocycles. The highest BCUT2D eigenvalue weighted by Crippen LogP contribution is 2.31. The van der Waals surface area contributed by atoms with Gasteiger partial charge in [0.1, 0.15) is 12.1 Å². The van der Waals surface area contributed by atoms with Gasteiger partial charge < -0.3 is 5.11 Å². The zero-order valence-corrected chi connectivity index (χ0v) is 10.3. The second-order valence-corrected chi connectivity index (χ2v) is 4.99. The van der Waals surface area contributed by atoms with Gasteiger partial charge in [0.15, 0.2) is 5.82 Å². The molecule has 2 aliphatic heterocycles. The third-order valence-electron chi connectivity index (χ3n) is 3.93. The molecule has 0 aliphatic carbocycles. The van der Waals surface area contributed by atoms with Crippen LogP contribution in [0.2, 0.25) is 0 Å². The maximum absolute atomic E-state index is 9.89. The number of hydrogen-bond donors (Lipinski definition) is 1. The van der Waals surface area contributed by atoms with Crippen LogP contribution in [0.4, 0.5) is 0 Å². The van der Waals surface area contributed by atoms with Crippen LogP contribution in [0.3, 0.4) is 0 Å². The minimum absolute atomic E-state index is 0.366. The Labute approximate surface area is 101 Å². The van der Waals surface area contributed by atoms with Crippen LogP contribution in [-0.2, 0) is 6.42 Å². The number of hydrogen-bond acceptors (Lipinski definition) is 4. The summed E-state index contributed by atoms with van der Waals surface area (Å²) in [6.07, 6.45) is 4.68. The van der Waals surface area contributed by atoms with Crippen molar-refractivity contribution in [3.63, 3.8) is 0 Å². The summed E-state index contributed by atoms with van der Waals surface area (Å²) in [7, 11) is 0. The van der Waals surface area contributed by atoms with Gasteiger partial charge in [-0.25, -0.2) is 9.67 Å². The van der Waals surface area contributed by atoms with Gasteiger partial charge in [-0.2, -0.15) is 5.10 Å². The Morgan fingerprint density at radius 1 is 1.35 bits per heavy atom. The summed E-state index contributed by atoms with van der Waals surface area (Å²) in [5, 5.41) is 14.4. The van der Waals surface area contributed by atoms with E-state index >= 15 is 0 Å². The van der Waals surface area contributed by atoms with Crippen molar-refractivity contribution in [3.8, 4) is 0 Å². The predicted molar refractivity (Wildman–Crippen MR) is 63.4 cm³/mol. The third-order valence-corrected chi connectivity index (χ3v) is 3.93. The molecule has 1 aromatic rings. The quantitative estimate of drug-likeness (QED) is 0.840. The van der Waals surface area contributed by atoms with E-state index in [-0.39, 0.29) is 0 Å². The normalized spacial score (nSPS) is 29.5. The fourth-order valence-electron chi connectivity index (χ4n) is 2.99. The summed E-state index contributed by atoms with van der Waals surface area (Å²) >= 11 is 0. The molecule has 5 heteroatoms. The number of aromatic nitrogens is 3. The molecule has 0 aromatic carbocycles. The first-order chi connectivity index (χ1) is 8.29. The average Bonchev–Trinajstić information content (AvgIpc) is 2.94. The van der Waals surface area contributed by atoms with Gasteiger partial charge in [-0.05, 0) is 38.8 Å². The molecular formula is C12H20N4O. The standard InChI is InChI=1S/C12H20N4O/c1-2-15-8-4-5-9(15)12-13-10-6-3-7-11(17)16(10)14-12/h9,11,17H,2-8H2,1H3. The van der Waals surface area contributed by atoms with Crippen molar-refractivity contribution in [3.05, 3.63) is 11.6 Å². The maximum Gasteiger partial charge on any atom is 0.168 e. The van der Waals surface area contributed by atoms with Gasteiger partial charge in [0.05, 0.1) is 6.04 Å². The topological polar surface area (TPSA) is 54.2 Å². The van der Waals surface area contributed by atoms with Crippen LogP contribution in [0, 0.1) is 0 Å². The first-order valence-electron chi connectivity index (χ1n) is 6.67. The number of rotatable bonds is 2. The largest absolute Gasteiger partial charge is 0.372 e. The third kappa shape index (κ3) is 1.87. The molecule has 17 heavy (non-hydrogen) atoms. The Kier molecular flexibility index (Phi) is 2.88. The molecule has 2 unspecified atom stereocenters. The van der Waals surface area contributed by atoms with E-state index in [1.807, 2.05) is 0 Å². The number of aryl methyl sites for hydroxylation is 1. The molecule has 0 radical (unpaired) electrons. The fourth-order valence-corrected chi connectivity index (χ4v) is 2.99. The fraction of sp³-hybridized carbons (Fsp3) is 0.833. The van der Waals surface area contributed by atoms with E-state index in [0.29, 0.717) is 6.04 Å².